The summed E-state index contributed by atoms with van der Waals surface area (Å²) in [7, 11) is 0. The summed E-state index contributed by atoms with van der Waals surface area (Å²) >= 11 is 0. The number of para-hydroxylation sites is 1. The molecule has 4 nitrogen and oxygen atoms in total. The van der Waals surface area contributed by atoms with Gasteiger partial charge in [-0.05, 0) is 18.7 Å². The number of hydrogen-bond acceptors (Lipinski definition) is 4. The first kappa shape index (κ1) is 13.6. The fourth-order valence-electron chi connectivity index (χ4n) is 2.67. The molecule has 0 radical (unpaired) electrons. The van der Waals surface area contributed by atoms with Gasteiger partial charge in [0.05, 0.1) is 19.3 Å². The van der Waals surface area contributed by atoms with Crippen LogP contribution in [-0.2, 0) is 11.3 Å². The van der Waals surface area contributed by atoms with E-state index in [1.54, 1.807) is 0 Å². The Hall–Kier alpha value is -1.36. The van der Waals surface area contributed by atoms with E-state index < -0.39 is 0 Å². The normalized spacial score (nSPS) is 20.6. The Balaban J connectivity index is 1.49. The van der Waals surface area contributed by atoms with Crippen LogP contribution in [-0.4, -0.2) is 43.8 Å². The van der Waals surface area contributed by atoms with Crippen LogP contribution >= 0.6 is 0 Å². The molecule has 0 bridgehead atoms. The third-order valence-corrected chi connectivity index (χ3v) is 3.82. The second kappa shape index (κ2) is 6.39. The van der Waals surface area contributed by atoms with Gasteiger partial charge in [0.15, 0.2) is 0 Å². The van der Waals surface area contributed by atoms with Crippen LogP contribution in [0.5, 0.6) is 0 Å². The lowest BCUT2D eigenvalue weighted by Crippen LogP contribution is -2.46. The summed E-state index contributed by atoms with van der Waals surface area (Å²) in [5.74, 6) is 0.981. The molecule has 1 aromatic carbocycles. The third kappa shape index (κ3) is 3.20. The fraction of sp³-hybridized carbons (Fsp3) is 0.500. The molecule has 0 aliphatic carbocycles. The highest BCUT2D eigenvalue weighted by Gasteiger charge is 2.18. The Kier molecular flexibility index (Phi) is 4.35. The maximum Gasteiger partial charge on any atom is 0.134 e. The van der Waals surface area contributed by atoms with Crippen LogP contribution in [0.3, 0.4) is 0 Å². The van der Waals surface area contributed by atoms with Gasteiger partial charge < -0.3 is 14.5 Å². The smallest absolute Gasteiger partial charge is 0.134 e. The summed E-state index contributed by atoms with van der Waals surface area (Å²) in [5.41, 5.74) is 0.954. The van der Waals surface area contributed by atoms with E-state index in [9.17, 15) is 0 Å². The first-order chi connectivity index (χ1) is 9.85. The summed E-state index contributed by atoms with van der Waals surface area (Å²) in [6.45, 7) is 7.83. The predicted molar refractivity (Wildman–Crippen MR) is 79.8 cm³/mol. The lowest BCUT2D eigenvalue weighted by molar-refractivity contribution is -0.0255. The summed E-state index contributed by atoms with van der Waals surface area (Å²) in [4.78, 5) is 2.43. The Bertz CT molecular complexity index is 519. The zero-order chi connectivity index (χ0) is 13.8. The van der Waals surface area contributed by atoms with Gasteiger partial charge in [-0.2, -0.15) is 0 Å². The van der Waals surface area contributed by atoms with Gasteiger partial charge in [-0.1, -0.05) is 25.1 Å². The molecule has 0 amide bonds. The van der Waals surface area contributed by atoms with Crippen molar-refractivity contribution in [3.8, 4) is 0 Å². The first-order valence-corrected chi connectivity index (χ1v) is 7.37. The van der Waals surface area contributed by atoms with Crippen LogP contribution < -0.4 is 5.32 Å². The van der Waals surface area contributed by atoms with E-state index in [0.717, 1.165) is 56.1 Å². The lowest BCUT2D eigenvalue weighted by atomic mass is 10.2. The minimum atomic E-state index is 0.285. The molecule has 2 aromatic rings. The molecule has 1 atom stereocenters. The molecule has 1 saturated heterocycles. The Morgan fingerprint density at radius 3 is 3.10 bits per heavy atom. The van der Waals surface area contributed by atoms with E-state index in [1.807, 2.05) is 18.2 Å². The van der Waals surface area contributed by atoms with Crippen LogP contribution in [0.2, 0.25) is 0 Å². The van der Waals surface area contributed by atoms with Crippen molar-refractivity contribution in [1.82, 2.24) is 10.2 Å². The van der Waals surface area contributed by atoms with Crippen molar-refractivity contribution in [2.75, 3.05) is 32.8 Å². The van der Waals surface area contributed by atoms with Crippen LogP contribution in [0, 0.1) is 0 Å². The number of rotatable bonds is 5. The molecule has 3 rings (SSSR count). The fourth-order valence-corrected chi connectivity index (χ4v) is 2.67. The number of morpholine rings is 1. The molecule has 1 aliphatic rings. The minimum Gasteiger partial charge on any atom is -0.460 e. The highest BCUT2D eigenvalue weighted by molar-refractivity contribution is 5.77. The quantitative estimate of drug-likeness (QED) is 0.907. The maximum atomic E-state index is 5.79. The zero-order valence-electron chi connectivity index (χ0n) is 12.0. The molecule has 1 aliphatic heterocycles. The molecule has 0 spiro atoms. The Labute approximate surface area is 119 Å². The molecule has 1 fully saturated rings. The zero-order valence-corrected chi connectivity index (χ0v) is 12.0. The van der Waals surface area contributed by atoms with Crippen molar-refractivity contribution in [2.45, 2.75) is 19.6 Å². The lowest BCUT2D eigenvalue weighted by Gasteiger charge is -2.32. The van der Waals surface area contributed by atoms with Gasteiger partial charge in [-0.25, -0.2) is 0 Å². The molecule has 1 aromatic heterocycles. The average Bonchev–Trinajstić information content (AvgIpc) is 2.90. The third-order valence-electron chi connectivity index (χ3n) is 3.82. The van der Waals surface area contributed by atoms with E-state index in [4.69, 9.17) is 9.15 Å². The number of furan rings is 1. The standard InChI is InChI=1S/C16H22N2O2/c1-2-18-7-8-19-15(12-18)11-17-10-14-9-13-5-3-4-6-16(13)20-14/h3-6,9,15,17H,2,7-8,10-12H2,1H3/t15-/m1/s1. The second-order valence-corrected chi connectivity index (χ2v) is 5.27. The van der Waals surface area contributed by atoms with Crippen molar-refractivity contribution in [3.05, 3.63) is 36.1 Å². The van der Waals surface area contributed by atoms with Crippen LogP contribution in [0.25, 0.3) is 11.0 Å². The highest BCUT2D eigenvalue weighted by Crippen LogP contribution is 2.18. The SMILES string of the molecule is CCN1CCO[C@H](CNCc2cc3ccccc3o2)C1. The largest absolute Gasteiger partial charge is 0.460 e. The number of fused-ring (bicyclic) bond motifs is 1. The van der Waals surface area contributed by atoms with Gasteiger partial charge in [0.1, 0.15) is 11.3 Å². The van der Waals surface area contributed by atoms with Crippen molar-refractivity contribution in [1.29, 1.82) is 0 Å². The van der Waals surface area contributed by atoms with E-state index in [-0.39, 0.29) is 6.10 Å². The van der Waals surface area contributed by atoms with E-state index in [0.29, 0.717) is 0 Å². The Morgan fingerprint density at radius 1 is 1.35 bits per heavy atom. The van der Waals surface area contributed by atoms with Gasteiger partial charge in [-0.15, -0.1) is 0 Å². The molecular formula is C16H22N2O2. The van der Waals surface area contributed by atoms with Crippen molar-refractivity contribution in [2.24, 2.45) is 0 Å². The minimum absolute atomic E-state index is 0.285. The number of nitrogens with zero attached hydrogens (tertiary/aromatic N) is 1. The van der Waals surface area contributed by atoms with E-state index in [2.05, 4.69) is 29.3 Å². The number of benzene rings is 1. The summed E-state index contributed by atoms with van der Waals surface area (Å²) < 4.78 is 11.6. The molecule has 2 heterocycles. The molecular weight excluding hydrogens is 252 g/mol. The Morgan fingerprint density at radius 2 is 2.25 bits per heavy atom. The molecule has 108 valence electrons. The van der Waals surface area contributed by atoms with Gasteiger partial charge in [0.2, 0.25) is 0 Å². The van der Waals surface area contributed by atoms with Crippen LogP contribution in [0.15, 0.2) is 34.7 Å². The van der Waals surface area contributed by atoms with Crippen molar-refractivity contribution >= 4 is 11.0 Å². The first-order valence-electron chi connectivity index (χ1n) is 7.37. The summed E-state index contributed by atoms with van der Waals surface area (Å²) in [5, 5.41) is 4.59. The number of nitrogens with one attached hydrogen (secondary N) is 1. The van der Waals surface area contributed by atoms with E-state index >= 15 is 0 Å². The molecule has 20 heavy (non-hydrogen) atoms. The molecule has 0 saturated carbocycles. The van der Waals surface area contributed by atoms with Gasteiger partial charge in [-0.3, -0.25) is 4.90 Å². The van der Waals surface area contributed by atoms with Crippen molar-refractivity contribution < 1.29 is 9.15 Å². The maximum absolute atomic E-state index is 5.79. The molecule has 1 N–H and O–H groups in total. The molecule has 0 unspecified atom stereocenters. The number of likely N-dealkylation sites (N-methyl/N-ethyl adjacent to an activating group) is 1. The summed E-state index contributed by atoms with van der Waals surface area (Å²) in [6, 6.07) is 10.2. The number of ether oxygens (including phenoxy) is 1. The van der Waals surface area contributed by atoms with Crippen molar-refractivity contribution in [3.63, 3.8) is 0 Å². The molecule has 4 heteroatoms. The number of hydrogen-bond donors (Lipinski definition) is 1. The second-order valence-electron chi connectivity index (χ2n) is 5.27. The van der Waals surface area contributed by atoms with Crippen LogP contribution in [0.4, 0.5) is 0 Å². The topological polar surface area (TPSA) is 37.6 Å². The van der Waals surface area contributed by atoms with E-state index in [1.165, 1.54) is 0 Å². The summed E-state index contributed by atoms with van der Waals surface area (Å²) in [6.07, 6.45) is 0.285. The van der Waals surface area contributed by atoms with Gasteiger partial charge in [0, 0.05) is 25.0 Å². The van der Waals surface area contributed by atoms with Crippen LogP contribution in [0.1, 0.15) is 12.7 Å². The average molecular weight is 274 g/mol. The van der Waals surface area contributed by atoms with Gasteiger partial charge in [0.25, 0.3) is 0 Å². The van der Waals surface area contributed by atoms with Gasteiger partial charge >= 0.3 is 0 Å². The highest BCUT2D eigenvalue weighted by atomic mass is 16.5. The monoisotopic (exact) mass is 274 g/mol. The predicted octanol–water partition coefficient (Wildman–Crippen LogP) is 2.24.